The summed E-state index contributed by atoms with van der Waals surface area (Å²) < 4.78 is 45.2. The van der Waals surface area contributed by atoms with E-state index < -0.39 is 29.0 Å². The van der Waals surface area contributed by atoms with E-state index in [4.69, 9.17) is 4.74 Å². The van der Waals surface area contributed by atoms with Gasteiger partial charge in [-0.3, -0.25) is 4.79 Å². The molecule has 10 heteroatoms. The summed E-state index contributed by atoms with van der Waals surface area (Å²) in [5, 5.41) is 8.29. The molecule has 2 aromatic rings. The lowest BCUT2D eigenvalue weighted by atomic mass is 10.1. The number of nitrogens with zero attached hydrogens (tertiary/aromatic N) is 1. The number of methoxy groups -OCH3 is 1. The number of hydrogen-bond acceptors (Lipinski definition) is 3. The minimum Gasteiger partial charge on any atom is -0.496 e. The minimum absolute atomic E-state index is 0. The molecule has 0 aromatic heterocycles. The Hall–Kier alpha value is -2.50. The second-order valence-corrected chi connectivity index (χ2v) is 6.46. The predicted octanol–water partition coefficient (Wildman–Crippen LogP) is 3.78. The zero-order valence-electron chi connectivity index (χ0n) is 17.5. The van der Waals surface area contributed by atoms with Crippen LogP contribution in [0.25, 0.3) is 0 Å². The van der Waals surface area contributed by atoms with Crippen LogP contribution < -0.4 is 20.7 Å². The highest BCUT2D eigenvalue weighted by Gasteiger charge is 2.15. The zero-order valence-corrected chi connectivity index (χ0v) is 19.9. The van der Waals surface area contributed by atoms with Gasteiger partial charge in [-0.05, 0) is 44.0 Å². The number of aliphatic imine (C=N–C) groups is 1. The summed E-state index contributed by atoms with van der Waals surface area (Å²) in [5.41, 5.74) is 1.71. The largest absolute Gasteiger partial charge is 0.496 e. The number of benzene rings is 2. The molecule has 0 fully saturated rings. The number of rotatable bonds is 8. The highest BCUT2D eigenvalue weighted by Crippen LogP contribution is 2.20. The molecule has 6 nitrogen and oxygen atoms in total. The van der Waals surface area contributed by atoms with Crippen molar-refractivity contribution >= 4 is 41.5 Å². The minimum atomic E-state index is -1.64. The van der Waals surface area contributed by atoms with Crippen LogP contribution in [-0.4, -0.2) is 38.6 Å². The molecule has 0 heterocycles. The maximum absolute atomic E-state index is 13.7. The number of anilines is 1. The highest BCUT2D eigenvalue weighted by atomic mass is 127. The number of aryl methyl sites for hydroxylation is 1. The number of carbonyl (C=O) groups is 1. The fourth-order valence-corrected chi connectivity index (χ4v) is 2.72. The molecule has 1 amide bonds. The zero-order chi connectivity index (χ0) is 22.1. The Balaban J connectivity index is 0.00000480. The van der Waals surface area contributed by atoms with E-state index in [1.54, 1.807) is 7.11 Å². The lowest BCUT2D eigenvalue weighted by Crippen LogP contribution is -2.39. The Bertz CT molecular complexity index is 926. The summed E-state index contributed by atoms with van der Waals surface area (Å²) in [5.74, 6) is -3.91. The second kappa shape index (κ2) is 13.0. The van der Waals surface area contributed by atoms with Crippen LogP contribution in [0.4, 0.5) is 18.9 Å². The molecule has 2 aromatic carbocycles. The van der Waals surface area contributed by atoms with E-state index in [2.05, 4.69) is 20.9 Å². The topological polar surface area (TPSA) is 74.8 Å². The fourth-order valence-electron chi connectivity index (χ4n) is 2.72. The van der Waals surface area contributed by atoms with Crippen LogP contribution in [0.15, 0.2) is 35.3 Å². The van der Waals surface area contributed by atoms with Crippen LogP contribution in [-0.2, 0) is 11.2 Å². The average Bonchev–Trinajstić information content (AvgIpc) is 2.72. The number of hydrogen-bond donors (Lipinski definition) is 3. The first-order valence-electron chi connectivity index (χ1n) is 9.44. The number of nitrogens with one attached hydrogen (secondary N) is 3. The first kappa shape index (κ1) is 26.5. The van der Waals surface area contributed by atoms with Crippen molar-refractivity contribution < 1.29 is 22.7 Å². The molecule has 0 aliphatic rings. The van der Waals surface area contributed by atoms with Gasteiger partial charge in [-0.1, -0.05) is 17.7 Å². The molecule has 0 saturated heterocycles. The molecular weight excluding hydrogens is 524 g/mol. The number of ether oxygens (including phenoxy) is 1. The van der Waals surface area contributed by atoms with Crippen molar-refractivity contribution in [2.45, 2.75) is 20.3 Å². The molecular formula is C21H26F3IN4O2. The summed E-state index contributed by atoms with van der Waals surface area (Å²) in [6.07, 6.45) is 0.668. The lowest BCUT2D eigenvalue weighted by molar-refractivity contribution is -0.114. The first-order chi connectivity index (χ1) is 14.3. The molecule has 0 aliphatic heterocycles. The van der Waals surface area contributed by atoms with Crippen LogP contribution in [0.3, 0.4) is 0 Å². The van der Waals surface area contributed by atoms with Crippen molar-refractivity contribution in [3.8, 4) is 5.75 Å². The Morgan fingerprint density at radius 2 is 1.84 bits per heavy atom. The summed E-state index contributed by atoms with van der Waals surface area (Å²) in [7, 11) is 1.61. The Kier molecular flexibility index (Phi) is 11.2. The lowest BCUT2D eigenvalue weighted by Gasteiger charge is -2.13. The van der Waals surface area contributed by atoms with Crippen molar-refractivity contribution in [3.63, 3.8) is 0 Å². The van der Waals surface area contributed by atoms with Crippen LogP contribution in [0.1, 0.15) is 18.1 Å². The maximum Gasteiger partial charge on any atom is 0.246 e. The predicted molar refractivity (Wildman–Crippen MR) is 126 cm³/mol. The molecule has 0 radical (unpaired) electrons. The van der Waals surface area contributed by atoms with E-state index in [0.29, 0.717) is 25.5 Å². The normalized spacial score (nSPS) is 10.8. The molecule has 3 N–H and O–H groups in total. The van der Waals surface area contributed by atoms with Gasteiger partial charge in [-0.2, -0.15) is 0 Å². The monoisotopic (exact) mass is 550 g/mol. The van der Waals surface area contributed by atoms with E-state index in [-0.39, 0.29) is 30.5 Å². The van der Waals surface area contributed by atoms with Crippen molar-refractivity contribution in [2.24, 2.45) is 4.99 Å². The van der Waals surface area contributed by atoms with Gasteiger partial charge in [-0.25, -0.2) is 18.2 Å². The summed E-state index contributed by atoms with van der Waals surface area (Å²) in [6, 6.07) is 7.60. The SMILES string of the molecule is CCNC(=NCC(=O)Nc1ccc(F)c(F)c1F)NCCc1cc(C)ccc1OC.I. The maximum atomic E-state index is 13.7. The van der Waals surface area contributed by atoms with Crippen LogP contribution in [0, 0.1) is 24.4 Å². The Labute approximate surface area is 196 Å². The van der Waals surface area contributed by atoms with E-state index in [9.17, 15) is 18.0 Å². The molecule has 0 spiro atoms. The van der Waals surface area contributed by atoms with E-state index in [0.717, 1.165) is 29.0 Å². The third-order valence-corrected chi connectivity index (χ3v) is 4.16. The number of amides is 1. The summed E-state index contributed by atoms with van der Waals surface area (Å²) in [6.45, 7) is 4.64. The average molecular weight is 550 g/mol. The van der Waals surface area contributed by atoms with Gasteiger partial charge < -0.3 is 20.7 Å². The molecule has 0 saturated carbocycles. The summed E-state index contributed by atoms with van der Waals surface area (Å²) in [4.78, 5) is 16.1. The molecule has 0 aliphatic carbocycles. The molecule has 0 unspecified atom stereocenters. The van der Waals surface area contributed by atoms with Gasteiger partial charge in [0.2, 0.25) is 5.91 Å². The fraction of sp³-hybridized carbons (Fsp3) is 0.333. The molecule has 31 heavy (non-hydrogen) atoms. The van der Waals surface area contributed by atoms with Crippen LogP contribution >= 0.6 is 24.0 Å². The molecule has 0 atom stereocenters. The van der Waals surface area contributed by atoms with Gasteiger partial charge in [0, 0.05) is 13.1 Å². The quantitative estimate of drug-likeness (QED) is 0.203. The van der Waals surface area contributed by atoms with Crippen molar-refractivity contribution in [2.75, 3.05) is 32.1 Å². The van der Waals surface area contributed by atoms with Gasteiger partial charge in [0.25, 0.3) is 0 Å². The van der Waals surface area contributed by atoms with Crippen LogP contribution in [0.2, 0.25) is 0 Å². The molecule has 0 bridgehead atoms. The van der Waals surface area contributed by atoms with E-state index >= 15 is 0 Å². The standard InChI is InChI=1S/C21H25F3N4O2.HI/c1-4-25-21(26-10-9-14-11-13(2)5-8-17(14)30-3)27-12-18(29)28-16-7-6-15(22)19(23)20(16)24;/h5-8,11H,4,9-10,12H2,1-3H3,(H,28,29)(H2,25,26,27);1H. The van der Waals surface area contributed by atoms with Crippen molar-refractivity contribution in [1.29, 1.82) is 0 Å². The molecule has 2 rings (SSSR count). The highest BCUT2D eigenvalue weighted by molar-refractivity contribution is 14.0. The smallest absolute Gasteiger partial charge is 0.246 e. The third-order valence-electron chi connectivity index (χ3n) is 4.16. The van der Waals surface area contributed by atoms with Crippen molar-refractivity contribution in [1.82, 2.24) is 10.6 Å². The second-order valence-electron chi connectivity index (χ2n) is 6.46. The van der Waals surface area contributed by atoms with E-state index in [1.807, 2.05) is 32.0 Å². The van der Waals surface area contributed by atoms with E-state index in [1.165, 1.54) is 0 Å². The van der Waals surface area contributed by atoms with Gasteiger partial charge in [0.15, 0.2) is 23.4 Å². The van der Waals surface area contributed by atoms with Gasteiger partial charge in [0.1, 0.15) is 12.3 Å². The number of carbonyl (C=O) groups excluding carboxylic acids is 1. The Morgan fingerprint density at radius 3 is 2.52 bits per heavy atom. The first-order valence-corrected chi connectivity index (χ1v) is 9.44. The third kappa shape index (κ3) is 7.93. The van der Waals surface area contributed by atoms with Gasteiger partial charge in [-0.15, -0.1) is 24.0 Å². The molecule has 170 valence electrons. The Morgan fingerprint density at radius 1 is 1.10 bits per heavy atom. The van der Waals surface area contributed by atoms with Gasteiger partial charge >= 0.3 is 0 Å². The summed E-state index contributed by atoms with van der Waals surface area (Å²) >= 11 is 0. The number of guanidine groups is 1. The van der Waals surface area contributed by atoms with Crippen LogP contribution in [0.5, 0.6) is 5.75 Å². The van der Waals surface area contributed by atoms with Crippen molar-refractivity contribution in [3.05, 3.63) is 58.9 Å². The van der Waals surface area contributed by atoms with Gasteiger partial charge in [0.05, 0.1) is 12.8 Å². The number of halogens is 4.